The molecule has 3 aromatic rings. The van der Waals surface area contributed by atoms with Crippen LogP contribution in [0.25, 0.3) is 5.69 Å². The second kappa shape index (κ2) is 8.37. The molecule has 0 radical (unpaired) electrons. The van der Waals surface area contributed by atoms with Gasteiger partial charge in [-0.1, -0.05) is 18.2 Å². The molecule has 0 saturated carbocycles. The lowest BCUT2D eigenvalue weighted by molar-refractivity contribution is 0.0778. The minimum Gasteiger partial charge on any atom is -0.371 e. The lowest BCUT2D eigenvalue weighted by atomic mass is 10.1. The number of anilines is 1. The third-order valence-electron chi connectivity index (χ3n) is 6.47. The van der Waals surface area contributed by atoms with Gasteiger partial charge in [0.25, 0.3) is 5.91 Å². The molecule has 2 aromatic carbocycles. The summed E-state index contributed by atoms with van der Waals surface area (Å²) in [6.07, 6.45) is 4.82. The van der Waals surface area contributed by atoms with E-state index in [9.17, 15) is 13.6 Å². The van der Waals surface area contributed by atoms with Crippen LogP contribution in [0.3, 0.4) is 0 Å². The highest BCUT2D eigenvalue weighted by Crippen LogP contribution is 2.30. The fraction of sp³-hybridized carbons (Fsp3) is 0.360. The molecule has 166 valence electrons. The van der Waals surface area contributed by atoms with Crippen LogP contribution in [0, 0.1) is 11.6 Å². The number of aromatic nitrogens is 2. The average molecular weight is 437 g/mol. The summed E-state index contributed by atoms with van der Waals surface area (Å²) < 4.78 is 28.8. The van der Waals surface area contributed by atoms with Crippen molar-refractivity contribution in [1.29, 1.82) is 0 Å². The van der Waals surface area contributed by atoms with Crippen LogP contribution in [0.2, 0.25) is 0 Å². The molecule has 1 fully saturated rings. The molecule has 1 aromatic heterocycles. The van der Waals surface area contributed by atoms with Crippen molar-refractivity contribution in [3.05, 3.63) is 76.6 Å². The summed E-state index contributed by atoms with van der Waals surface area (Å²) >= 11 is 0. The summed E-state index contributed by atoms with van der Waals surface area (Å²) in [4.78, 5) is 17.5. The molecule has 0 unspecified atom stereocenters. The molecule has 0 atom stereocenters. The fourth-order valence-corrected chi connectivity index (χ4v) is 4.86. The zero-order chi connectivity index (χ0) is 22.2. The quantitative estimate of drug-likeness (QED) is 0.591. The number of fused-ring (bicyclic) bond motifs is 1. The number of carbonyl (C=O) groups is 1. The Labute approximate surface area is 186 Å². The van der Waals surface area contributed by atoms with E-state index in [2.05, 4.69) is 22.1 Å². The van der Waals surface area contributed by atoms with E-state index in [1.54, 1.807) is 16.6 Å². The normalized spacial score (nSPS) is 15.3. The van der Waals surface area contributed by atoms with Crippen LogP contribution >= 0.6 is 0 Å². The van der Waals surface area contributed by atoms with E-state index in [4.69, 9.17) is 0 Å². The van der Waals surface area contributed by atoms with E-state index in [1.807, 2.05) is 12.1 Å². The van der Waals surface area contributed by atoms with Gasteiger partial charge in [0.1, 0.15) is 0 Å². The Hall–Kier alpha value is -3.22. The Kier molecular flexibility index (Phi) is 5.41. The predicted molar refractivity (Wildman–Crippen MR) is 119 cm³/mol. The van der Waals surface area contributed by atoms with Crippen LogP contribution in [0.4, 0.5) is 14.5 Å². The van der Waals surface area contributed by atoms with Gasteiger partial charge in [-0.3, -0.25) is 4.79 Å². The average Bonchev–Trinajstić information content (AvgIpc) is 3.54. The van der Waals surface area contributed by atoms with Crippen LogP contribution in [0.15, 0.2) is 42.5 Å². The van der Waals surface area contributed by atoms with E-state index in [0.717, 1.165) is 61.3 Å². The molecule has 5 nitrogen and oxygen atoms in total. The molecule has 5 rings (SSSR count). The van der Waals surface area contributed by atoms with Crippen molar-refractivity contribution in [2.75, 3.05) is 25.0 Å². The highest BCUT2D eigenvalue weighted by molar-refractivity contribution is 5.94. The van der Waals surface area contributed by atoms with Gasteiger partial charge in [-0.15, -0.1) is 0 Å². The molecule has 1 amide bonds. The number of nitrogens with zero attached hydrogens (tertiary/aromatic N) is 4. The topological polar surface area (TPSA) is 41.4 Å². The predicted octanol–water partition coefficient (Wildman–Crippen LogP) is 4.51. The molecular weight excluding hydrogens is 410 g/mol. The molecule has 2 heterocycles. The van der Waals surface area contributed by atoms with Gasteiger partial charge < -0.3 is 9.80 Å². The Morgan fingerprint density at radius 2 is 1.81 bits per heavy atom. The lowest BCUT2D eigenvalue weighted by Crippen LogP contribution is -2.29. The van der Waals surface area contributed by atoms with Crippen molar-refractivity contribution in [2.45, 2.75) is 38.6 Å². The Morgan fingerprint density at radius 1 is 1.03 bits per heavy atom. The molecule has 0 spiro atoms. The highest BCUT2D eigenvalue weighted by atomic mass is 19.2. The third kappa shape index (κ3) is 3.66. The van der Waals surface area contributed by atoms with Crippen LogP contribution in [0.5, 0.6) is 0 Å². The van der Waals surface area contributed by atoms with Gasteiger partial charge in [0.05, 0.1) is 5.69 Å². The van der Waals surface area contributed by atoms with E-state index in [-0.39, 0.29) is 5.91 Å². The second-order valence-electron chi connectivity index (χ2n) is 8.62. The summed E-state index contributed by atoms with van der Waals surface area (Å²) in [5.41, 5.74) is 4.96. The van der Waals surface area contributed by atoms with Gasteiger partial charge >= 0.3 is 0 Å². The minimum absolute atomic E-state index is 0.152. The van der Waals surface area contributed by atoms with Gasteiger partial charge in [0, 0.05) is 49.7 Å². The summed E-state index contributed by atoms with van der Waals surface area (Å²) in [5.74, 6) is -1.97. The van der Waals surface area contributed by atoms with Crippen molar-refractivity contribution < 1.29 is 13.6 Å². The number of rotatable bonds is 5. The first kappa shape index (κ1) is 20.7. The SMILES string of the molecule is CN(Cc1ccccc1N1CCCC1)C(=O)c1nn(-c2ccc(F)c(F)c2)c2c1CCC2. The molecule has 0 N–H and O–H groups in total. The van der Waals surface area contributed by atoms with Crippen molar-refractivity contribution in [1.82, 2.24) is 14.7 Å². The van der Waals surface area contributed by atoms with Crippen molar-refractivity contribution in [3.63, 3.8) is 0 Å². The van der Waals surface area contributed by atoms with Crippen molar-refractivity contribution in [2.24, 2.45) is 0 Å². The molecular formula is C25H26F2N4O. The van der Waals surface area contributed by atoms with Crippen molar-refractivity contribution in [3.8, 4) is 5.69 Å². The summed E-state index contributed by atoms with van der Waals surface area (Å²) in [7, 11) is 1.79. The standard InChI is InChI=1S/C25H26F2N4O/c1-29(16-17-7-2-3-9-22(17)30-13-4-5-14-30)25(32)24-19-8-6-10-23(19)31(28-24)18-11-12-20(26)21(27)15-18/h2-3,7,9,11-12,15H,4-6,8,10,13-14,16H2,1H3. The highest BCUT2D eigenvalue weighted by Gasteiger charge is 2.29. The summed E-state index contributed by atoms with van der Waals surface area (Å²) in [6.45, 7) is 2.57. The first-order chi connectivity index (χ1) is 15.5. The van der Waals surface area contributed by atoms with E-state index in [1.165, 1.54) is 24.6 Å². The molecule has 0 bridgehead atoms. The number of amides is 1. The van der Waals surface area contributed by atoms with Crippen LogP contribution in [-0.4, -0.2) is 40.7 Å². The van der Waals surface area contributed by atoms with E-state index >= 15 is 0 Å². The number of benzene rings is 2. The van der Waals surface area contributed by atoms with Gasteiger partial charge in [-0.2, -0.15) is 5.10 Å². The van der Waals surface area contributed by atoms with E-state index in [0.29, 0.717) is 17.9 Å². The first-order valence-electron chi connectivity index (χ1n) is 11.2. The molecule has 7 heteroatoms. The number of hydrogen-bond acceptors (Lipinski definition) is 3. The maximum Gasteiger partial charge on any atom is 0.274 e. The molecule has 2 aliphatic rings. The van der Waals surface area contributed by atoms with Crippen LogP contribution in [0.1, 0.15) is 46.6 Å². The Balaban J connectivity index is 1.43. The van der Waals surface area contributed by atoms with Gasteiger partial charge in [0.15, 0.2) is 17.3 Å². The number of para-hydroxylation sites is 1. The van der Waals surface area contributed by atoms with Crippen molar-refractivity contribution >= 4 is 11.6 Å². The monoisotopic (exact) mass is 436 g/mol. The molecule has 1 aliphatic carbocycles. The Bertz CT molecular complexity index is 1170. The van der Waals surface area contributed by atoms with Gasteiger partial charge in [0.2, 0.25) is 0 Å². The van der Waals surface area contributed by atoms with Crippen LogP contribution in [-0.2, 0) is 19.4 Å². The van der Waals surface area contributed by atoms with Gasteiger partial charge in [-0.25, -0.2) is 13.5 Å². The smallest absolute Gasteiger partial charge is 0.274 e. The number of halogens is 2. The maximum atomic E-state index is 13.8. The minimum atomic E-state index is -0.923. The fourth-order valence-electron chi connectivity index (χ4n) is 4.86. The van der Waals surface area contributed by atoms with E-state index < -0.39 is 11.6 Å². The molecule has 1 aliphatic heterocycles. The summed E-state index contributed by atoms with van der Waals surface area (Å²) in [6, 6.07) is 11.9. The summed E-state index contributed by atoms with van der Waals surface area (Å²) in [5, 5.41) is 4.56. The van der Waals surface area contributed by atoms with Crippen LogP contribution < -0.4 is 4.90 Å². The Morgan fingerprint density at radius 3 is 2.59 bits per heavy atom. The molecule has 1 saturated heterocycles. The lowest BCUT2D eigenvalue weighted by Gasteiger charge is -2.24. The molecule has 32 heavy (non-hydrogen) atoms. The van der Waals surface area contributed by atoms with Gasteiger partial charge in [-0.05, 0) is 55.9 Å². The number of carbonyl (C=O) groups excluding carboxylic acids is 1. The number of hydrogen-bond donors (Lipinski definition) is 0. The largest absolute Gasteiger partial charge is 0.371 e. The second-order valence-corrected chi connectivity index (χ2v) is 8.62. The zero-order valence-corrected chi connectivity index (χ0v) is 18.2. The zero-order valence-electron chi connectivity index (χ0n) is 18.2. The maximum absolute atomic E-state index is 13.8. The third-order valence-corrected chi connectivity index (χ3v) is 6.47. The first-order valence-corrected chi connectivity index (χ1v) is 11.2.